The van der Waals surface area contributed by atoms with Crippen LogP contribution in [0.3, 0.4) is 0 Å². The molecule has 3 aromatic heterocycles. The molecule has 0 amide bonds. The van der Waals surface area contributed by atoms with Crippen molar-refractivity contribution in [3.63, 3.8) is 0 Å². The van der Waals surface area contributed by atoms with Gasteiger partial charge in [0.25, 0.3) is 0 Å². The zero-order valence-electron chi connectivity index (χ0n) is 22.4. The summed E-state index contributed by atoms with van der Waals surface area (Å²) < 4.78 is 47.1. The molecule has 0 unspecified atom stereocenters. The average Bonchev–Trinajstić information content (AvgIpc) is 3.68. The van der Waals surface area contributed by atoms with Gasteiger partial charge >= 0.3 is 6.18 Å². The molecule has 0 atom stereocenters. The van der Waals surface area contributed by atoms with Gasteiger partial charge in [0.15, 0.2) is 0 Å². The van der Waals surface area contributed by atoms with Crippen LogP contribution in [0.1, 0.15) is 67.0 Å². The molecule has 1 aliphatic heterocycles. The zero-order chi connectivity index (χ0) is 28.5. The van der Waals surface area contributed by atoms with E-state index in [0.717, 1.165) is 74.7 Å². The molecule has 1 saturated heterocycles. The van der Waals surface area contributed by atoms with Gasteiger partial charge in [0.05, 0.1) is 21.1 Å². The van der Waals surface area contributed by atoms with Gasteiger partial charge in [-0.3, -0.25) is 9.97 Å². The lowest BCUT2D eigenvalue weighted by molar-refractivity contribution is -0.136. The van der Waals surface area contributed by atoms with Crippen LogP contribution in [-0.4, -0.2) is 28.2 Å². The largest absolute Gasteiger partial charge is 0.417 e. The van der Waals surface area contributed by atoms with Crippen LogP contribution < -0.4 is 4.90 Å². The van der Waals surface area contributed by atoms with Gasteiger partial charge in [0.2, 0.25) is 0 Å². The maximum absolute atomic E-state index is 13.8. The predicted octanol–water partition coefficient (Wildman–Crippen LogP) is 9.26. The Morgan fingerprint density at radius 1 is 1.05 bits per heavy atom. The van der Waals surface area contributed by atoms with Crippen molar-refractivity contribution >= 4 is 45.9 Å². The van der Waals surface area contributed by atoms with E-state index in [-0.39, 0.29) is 10.8 Å². The van der Waals surface area contributed by atoms with Gasteiger partial charge in [-0.25, -0.2) is 0 Å². The molecular formula is C31H27Cl2F3N4O. The highest BCUT2D eigenvalue weighted by Crippen LogP contribution is 2.55. The summed E-state index contributed by atoms with van der Waals surface area (Å²) in [6.45, 7) is 3.19. The molecule has 2 saturated carbocycles. The Bertz CT molecular complexity index is 1670. The minimum absolute atomic E-state index is 0.153. The number of anilines is 1. The Balaban J connectivity index is 1.10. The number of halogens is 5. The molecule has 0 radical (unpaired) electrons. The molecule has 10 heteroatoms. The number of pyridine rings is 2. The first kappa shape index (κ1) is 26.8. The summed E-state index contributed by atoms with van der Waals surface area (Å²) >= 11 is 12.9. The van der Waals surface area contributed by atoms with Crippen molar-refractivity contribution in [2.45, 2.75) is 57.5 Å². The third kappa shape index (κ3) is 4.89. The molecule has 5 nitrogen and oxygen atoms in total. The molecule has 2 aliphatic carbocycles. The zero-order valence-corrected chi connectivity index (χ0v) is 23.9. The van der Waals surface area contributed by atoms with Gasteiger partial charge < -0.3 is 9.42 Å². The van der Waals surface area contributed by atoms with Crippen molar-refractivity contribution < 1.29 is 17.7 Å². The van der Waals surface area contributed by atoms with Crippen LogP contribution in [0.25, 0.3) is 28.2 Å². The Morgan fingerprint density at radius 3 is 2.41 bits per heavy atom. The lowest BCUT2D eigenvalue weighted by Gasteiger charge is -2.50. The number of aromatic nitrogens is 3. The standard InChI is InChI=1S/C31H27Cl2F3N4O/c1-17-10-23(31(34,35)36)21-12-20(4-5-26(21)38-17)40-8-6-30(7-9-40)13-18(14-30)11-22-28(39-41-29(22)19-2-3-19)27-24(32)15-37-16-25(27)33/h4-5,10-12,15-16,19H,2-3,6-9,13-14H2,1H3. The van der Waals surface area contributed by atoms with E-state index < -0.39 is 11.7 Å². The summed E-state index contributed by atoms with van der Waals surface area (Å²) in [5.74, 6) is 1.27. The molecule has 0 bridgehead atoms. The number of fused-ring (bicyclic) bond motifs is 1. The molecule has 41 heavy (non-hydrogen) atoms. The summed E-state index contributed by atoms with van der Waals surface area (Å²) in [7, 11) is 0. The Hall–Kier alpha value is -3.10. The maximum atomic E-state index is 13.8. The smallest absolute Gasteiger partial charge is 0.371 e. The highest BCUT2D eigenvalue weighted by Gasteiger charge is 2.43. The molecule has 4 aromatic rings. The molecule has 1 spiro atoms. The number of alkyl halides is 3. The van der Waals surface area contributed by atoms with Crippen LogP contribution in [0.15, 0.2) is 46.8 Å². The van der Waals surface area contributed by atoms with Crippen molar-refractivity contribution in [1.29, 1.82) is 0 Å². The topological polar surface area (TPSA) is 55.1 Å². The third-order valence-corrected chi connectivity index (χ3v) is 9.33. The number of hydrogen-bond acceptors (Lipinski definition) is 5. The monoisotopic (exact) mass is 598 g/mol. The Morgan fingerprint density at radius 2 is 1.76 bits per heavy atom. The molecule has 0 N–H and O–H groups in total. The van der Waals surface area contributed by atoms with E-state index in [9.17, 15) is 13.2 Å². The first-order chi connectivity index (χ1) is 19.6. The van der Waals surface area contributed by atoms with E-state index in [1.165, 1.54) is 5.57 Å². The second-order valence-corrected chi connectivity index (χ2v) is 12.5. The minimum atomic E-state index is -4.43. The minimum Gasteiger partial charge on any atom is -0.371 e. The number of hydrogen-bond donors (Lipinski definition) is 0. The van der Waals surface area contributed by atoms with Crippen LogP contribution in [0.2, 0.25) is 10.0 Å². The normalized spacial score (nSPS) is 18.7. The molecule has 7 rings (SSSR count). The van der Waals surface area contributed by atoms with Crippen LogP contribution in [0.4, 0.5) is 18.9 Å². The van der Waals surface area contributed by atoms with E-state index in [0.29, 0.717) is 38.4 Å². The van der Waals surface area contributed by atoms with Gasteiger partial charge in [-0.05, 0) is 81.2 Å². The van der Waals surface area contributed by atoms with E-state index in [1.807, 2.05) is 6.07 Å². The first-order valence-electron chi connectivity index (χ1n) is 13.8. The number of aryl methyl sites for hydroxylation is 1. The fourth-order valence-corrected chi connectivity index (χ4v) is 7.04. The first-order valence-corrected chi connectivity index (χ1v) is 14.6. The molecular weight excluding hydrogens is 572 g/mol. The van der Waals surface area contributed by atoms with Crippen LogP contribution in [-0.2, 0) is 6.18 Å². The van der Waals surface area contributed by atoms with E-state index >= 15 is 0 Å². The highest BCUT2D eigenvalue weighted by atomic mass is 35.5. The second kappa shape index (κ2) is 9.73. The number of piperidine rings is 1. The fraction of sp³-hybridized carbons (Fsp3) is 0.387. The van der Waals surface area contributed by atoms with Gasteiger partial charge in [-0.15, -0.1) is 0 Å². The highest BCUT2D eigenvalue weighted by molar-refractivity contribution is 6.39. The van der Waals surface area contributed by atoms with Crippen molar-refractivity contribution in [1.82, 2.24) is 15.1 Å². The van der Waals surface area contributed by atoms with Gasteiger partial charge in [0, 0.05) is 59.3 Å². The summed E-state index contributed by atoms with van der Waals surface area (Å²) in [6, 6.07) is 6.38. The maximum Gasteiger partial charge on any atom is 0.417 e. The summed E-state index contributed by atoms with van der Waals surface area (Å²) in [5, 5.41) is 5.41. The summed E-state index contributed by atoms with van der Waals surface area (Å²) in [4.78, 5) is 10.6. The third-order valence-electron chi connectivity index (χ3n) is 8.76. The average molecular weight is 599 g/mol. The van der Waals surface area contributed by atoms with E-state index in [1.54, 1.807) is 31.5 Å². The number of nitrogens with zero attached hydrogens (tertiary/aromatic N) is 4. The van der Waals surface area contributed by atoms with Gasteiger partial charge in [0.1, 0.15) is 11.5 Å². The Labute approximate surface area is 245 Å². The molecule has 4 heterocycles. The lowest BCUT2D eigenvalue weighted by Crippen LogP contribution is -2.44. The van der Waals surface area contributed by atoms with Crippen molar-refractivity contribution in [3.05, 3.63) is 74.9 Å². The van der Waals surface area contributed by atoms with Crippen LogP contribution >= 0.6 is 23.2 Å². The lowest BCUT2D eigenvalue weighted by atomic mass is 9.60. The van der Waals surface area contributed by atoms with Crippen molar-refractivity contribution in [3.8, 4) is 11.3 Å². The Kier molecular flexibility index (Phi) is 6.36. The SMILES string of the molecule is Cc1cc(C(F)(F)F)c2cc(N3CCC4(CC3)CC(=Cc3c(-c5c(Cl)cncc5Cl)noc3C3CC3)C4)ccc2n1. The van der Waals surface area contributed by atoms with Gasteiger partial charge in [-0.2, -0.15) is 13.2 Å². The number of rotatable bonds is 4. The molecule has 3 aliphatic rings. The van der Waals surface area contributed by atoms with Crippen molar-refractivity contribution in [2.24, 2.45) is 5.41 Å². The summed E-state index contributed by atoms with van der Waals surface area (Å²) in [5.41, 5.74) is 4.73. The number of allylic oxidation sites excluding steroid dienone is 1. The van der Waals surface area contributed by atoms with Gasteiger partial charge in [-0.1, -0.05) is 33.9 Å². The predicted molar refractivity (Wildman–Crippen MR) is 154 cm³/mol. The van der Waals surface area contributed by atoms with E-state index in [2.05, 4.69) is 26.1 Å². The molecule has 212 valence electrons. The van der Waals surface area contributed by atoms with Crippen molar-refractivity contribution in [2.75, 3.05) is 18.0 Å². The second-order valence-electron chi connectivity index (χ2n) is 11.7. The summed E-state index contributed by atoms with van der Waals surface area (Å²) in [6.07, 6.45) is 6.99. The quantitative estimate of drug-likeness (QED) is 0.234. The van der Waals surface area contributed by atoms with Crippen LogP contribution in [0.5, 0.6) is 0 Å². The molecule has 1 aromatic carbocycles. The van der Waals surface area contributed by atoms with Crippen LogP contribution in [0, 0.1) is 12.3 Å². The number of benzene rings is 1. The fourth-order valence-electron chi connectivity index (χ4n) is 6.50. The molecule has 3 fully saturated rings. The van der Waals surface area contributed by atoms with E-state index in [4.69, 9.17) is 27.7 Å².